The predicted octanol–water partition coefficient (Wildman–Crippen LogP) is 6.81. The largest absolute Gasteiger partial charge is 0.342 e. The van der Waals surface area contributed by atoms with Crippen molar-refractivity contribution in [3.63, 3.8) is 0 Å². The van der Waals surface area contributed by atoms with E-state index in [4.69, 9.17) is 23.2 Å². The number of hydrogen-bond acceptors (Lipinski definition) is 2. The maximum Gasteiger partial charge on any atom is 0.227 e. The van der Waals surface area contributed by atoms with Gasteiger partial charge in [0, 0.05) is 32.9 Å². The number of amides is 1. The molecule has 0 atom stereocenters. The van der Waals surface area contributed by atoms with Crippen LogP contribution in [0.1, 0.15) is 29.2 Å². The summed E-state index contributed by atoms with van der Waals surface area (Å²) in [7, 11) is 0. The third-order valence-corrected chi connectivity index (χ3v) is 6.89. The summed E-state index contributed by atoms with van der Waals surface area (Å²) in [4.78, 5) is 16.8. The Balaban J connectivity index is 1.35. The molecule has 2 aromatic carbocycles. The highest BCUT2D eigenvalue weighted by molar-refractivity contribution is 7.15. The van der Waals surface area contributed by atoms with Gasteiger partial charge in [0.15, 0.2) is 0 Å². The van der Waals surface area contributed by atoms with Crippen molar-refractivity contribution < 1.29 is 9.18 Å². The molecule has 3 aromatic rings. The van der Waals surface area contributed by atoms with Crippen molar-refractivity contribution in [2.75, 3.05) is 13.1 Å². The SMILES string of the molecule is O=C(Cc1ccc(-c2cc(Cl)cc(Cl)c2)s1)N1CCC(c2ccc(F)cc2)CC1. The second kappa shape index (κ2) is 8.86. The van der Waals surface area contributed by atoms with Gasteiger partial charge in [-0.25, -0.2) is 4.39 Å². The molecule has 150 valence electrons. The second-order valence-electron chi connectivity index (χ2n) is 7.31. The highest BCUT2D eigenvalue weighted by Crippen LogP contribution is 2.33. The molecule has 0 N–H and O–H groups in total. The average molecular weight is 448 g/mol. The fraction of sp³-hybridized carbons (Fsp3) is 0.261. The van der Waals surface area contributed by atoms with E-state index >= 15 is 0 Å². The van der Waals surface area contributed by atoms with Crippen molar-refractivity contribution in [1.29, 1.82) is 0 Å². The third kappa shape index (κ3) is 5.00. The smallest absolute Gasteiger partial charge is 0.227 e. The van der Waals surface area contributed by atoms with Crippen molar-refractivity contribution in [2.24, 2.45) is 0 Å². The highest BCUT2D eigenvalue weighted by Gasteiger charge is 2.24. The van der Waals surface area contributed by atoms with Crippen LogP contribution in [-0.2, 0) is 11.2 Å². The summed E-state index contributed by atoms with van der Waals surface area (Å²) in [5.41, 5.74) is 2.12. The molecule has 1 amide bonds. The van der Waals surface area contributed by atoms with Crippen LogP contribution in [0.2, 0.25) is 10.0 Å². The standard InChI is InChI=1S/C23H20Cl2FNOS/c24-18-11-17(12-19(25)13-18)22-6-5-21(29-22)14-23(28)27-9-7-16(8-10-27)15-1-3-20(26)4-2-15/h1-6,11-13,16H,7-10,14H2. The molecule has 29 heavy (non-hydrogen) atoms. The van der Waals surface area contributed by atoms with Crippen molar-refractivity contribution >= 4 is 40.4 Å². The van der Waals surface area contributed by atoms with Gasteiger partial charge in [-0.3, -0.25) is 4.79 Å². The third-order valence-electron chi connectivity index (χ3n) is 5.32. The number of benzene rings is 2. The number of rotatable bonds is 4. The van der Waals surface area contributed by atoms with Crippen molar-refractivity contribution in [2.45, 2.75) is 25.2 Å². The van der Waals surface area contributed by atoms with Gasteiger partial charge >= 0.3 is 0 Å². The maximum atomic E-state index is 13.1. The molecule has 1 fully saturated rings. The Hall–Kier alpha value is -1.88. The summed E-state index contributed by atoms with van der Waals surface area (Å²) >= 11 is 13.8. The van der Waals surface area contributed by atoms with E-state index in [1.807, 2.05) is 41.3 Å². The van der Waals surface area contributed by atoms with Crippen molar-refractivity contribution in [3.05, 3.63) is 80.9 Å². The molecule has 0 aliphatic carbocycles. The summed E-state index contributed by atoms with van der Waals surface area (Å²) in [6.45, 7) is 1.48. The summed E-state index contributed by atoms with van der Waals surface area (Å²) in [5, 5.41) is 1.20. The molecule has 2 nitrogen and oxygen atoms in total. The number of halogens is 3. The van der Waals surface area contributed by atoms with E-state index in [-0.39, 0.29) is 11.7 Å². The summed E-state index contributed by atoms with van der Waals surface area (Å²) in [5.74, 6) is 0.331. The van der Waals surface area contributed by atoms with Crippen LogP contribution in [0.5, 0.6) is 0 Å². The molecule has 4 rings (SSSR count). The van der Waals surface area contributed by atoms with Gasteiger partial charge in [0.05, 0.1) is 6.42 Å². The first-order valence-electron chi connectivity index (χ1n) is 9.56. The van der Waals surface area contributed by atoms with Crippen LogP contribution in [0.25, 0.3) is 10.4 Å². The first-order valence-corrected chi connectivity index (χ1v) is 11.1. The molecule has 2 heterocycles. The number of nitrogens with zero attached hydrogens (tertiary/aromatic N) is 1. The molecule has 1 aliphatic rings. The zero-order valence-electron chi connectivity index (χ0n) is 15.7. The number of hydrogen-bond donors (Lipinski definition) is 0. The second-order valence-corrected chi connectivity index (χ2v) is 9.35. The Bertz CT molecular complexity index is 990. The Kier molecular flexibility index (Phi) is 6.23. The van der Waals surface area contributed by atoms with Gasteiger partial charge < -0.3 is 4.90 Å². The van der Waals surface area contributed by atoms with Crippen LogP contribution in [0, 0.1) is 5.82 Å². The number of thiophene rings is 1. The van der Waals surface area contributed by atoms with E-state index in [1.54, 1.807) is 17.4 Å². The zero-order chi connectivity index (χ0) is 20.4. The summed E-state index contributed by atoms with van der Waals surface area (Å²) in [6, 6.07) is 16.2. The van der Waals surface area contributed by atoms with E-state index in [2.05, 4.69) is 0 Å². The van der Waals surface area contributed by atoms with Crippen LogP contribution in [-0.4, -0.2) is 23.9 Å². The number of carbonyl (C=O) groups excluding carboxylic acids is 1. The topological polar surface area (TPSA) is 20.3 Å². The summed E-state index contributed by atoms with van der Waals surface area (Å²) in [6.07, 6.45) is 2.22. The van der Waals surface area contributed by atoms with E-state index in [0.29, 0.717) is 22.4 Å². The lowest BCUT2D eigenvalue weighted by Gasteiger charge is -2.32. The van der Waals surface area contributed by atoms with Gasteiger partial charge in [-0.2, -0.15) is 0 Å². The lowest BCUT2D eigenvalue weighted by atomic mass is 9.89. The Morgan fingerprint density at radius 1 is 1.00 bits per heavy atom. The molecule has 6 heteroatoms. The fourth-order valence-electron chi connectivity index (χ4n) is 3.78. The molecule has 1 saturated heterocycles. The van der Waals surface area contributed by atoms with Gasteiger partial charge in [0.1, 0.15) is 5.82 Å². The van der Waals surface area contributed by atoms with E-state index in [1.165, 1.54) is 12.1 Å². The Morgan fingerprint density at radius 2 is 1.66 bits per heavy atom. The molecule has 0 unspecified atom stereocenters. The minimum atomic E-state index is -0.211. The van der Waals surface area contributed by atoms with Crippen molar-refractivity contribution in [1.82, 2.24) is 4.90 Å². The van der Waals surface area contributed by atoms with Crippen LogP contribution in [0.3, 0.4) is 0 Å². The average Bonchev–Trinajstić information content (AvgIpc) is 3.16. The van der Waals surface area contributed by atoms with Crippen LogP contribution in [0.4, 0.5) is 4.39 Å². The first-order chi connectivity index (χ1) is 14.0. The molecule has 0 spiro atoms. The highest BCUT2D eigenvalue weighted by atomic mass is 35.5. The van der Waals surface area contributed by atoms with Crippen LogP contribution < -0.4 is 0 Å². The lowest BCUT2D eigenvalue weighted by Crippen LogP contribution is -2.38. The first kappa shape index (κ1) is 20.4. The molecule has 0 saturated carbocycles. The molecule has 0 radical (unpaired) electrons. The van der Waals surface area contributed by atoms with E-state index < -0.39 is 0 Å². The van der Waals surface area contributed by atoms with Gasteiger partial charge in [-0.1, -0.05) is 35.3 Å². The van der Waals surface area contributed by atoms with E-state index in [9.17, 15) is 9.18 Å². The fourth-order valence-corrected chi connectivity index (χ4v) is 5.29. The Labute approximate surface area is 183 Å². The Morgan fingerprint density at radius 3 is 2.31 bits per heavy atom. The van der Waals surface area contributed by atoms with Gasteiger partial charge in [-0.05, 0) is 72.4 Å². The molecular formula is C23H20Cl2FNOS. The molecule has 1 aromatic heterocycles. The van der Waals surface area contributed by atoms with Crippen LogP contribution in [0.15, 0.2) is 54.6 Å². The number of piperidine rings is 1. The molecular weight excluding hydrogens is 428 g/mol. The molecule has 1 aliphatic heterocycles. The minimum absolute atomic E-state index is 0.153. The number of likely N-dealkylation sites (tertiary alicyclic amines) is 1. The van der Waals surface area contributed by atoms with Gasteiger partial charge in [-0.15, -0.1) is 11.3 Å². The number of carbonyl (C=O) groups is 1. The van der Waals surface area contributed by atoms with Gasteiger partial charge in [0.2, 0.25) is 5.91 Å². The maximum absolute atomic E-state index is 13.1. The lowest BCUT2D eigenvalue weighted by molar-refractivity contribution is -0.131. The molecule has 0 bridgehead atoms. The zero-order valence-corrected chi connectivity index (χ0v) is 18.0. The predicted molar refractivity (Wildman–Crippen MR) is 118 cm³/mol. The summed E-state index contributed by atoms with van der Waals surface area (Å²) < 4.78 is 13.1. The monoisotopic (exact) mass is 447 g/mol. The van der Waals surface area contributed by atoms with Crippen molar-refractivity contribution in [3.8, 4) is 10.4 Å². The quantitative estimate of drug-likeness (QED) is 0.429. The van der Waals surface area contributed by atoms with E-state index in [0.717, 1.165) is 46.8 Å². The van der Waals surface area contributed by atoms with Crippen LogP contribution >= 0.6 is 34.5 Å². The minimum Gasteiger partial charge on any atom is -0.342 e. The van der Waals surface area contributed by atoms with Gasteiger partial charge in [0.25, 0.3) is 0 Å². The normalized spacial score (nSPS) is 14.9.